The molecule has 0 atom stereocenters. The molecule has 0 fully saturated rings. The number of hydrogen-bond acceptors (Lipinski definition) is 2. The smallest absolute Gasteiger partial charge is 0.307 e. The molecule has 1 aliphatic rings. The number of halogens is 2. The number of benzene rings is 3. The summed E-state index contributed by atoms with van der Waals surface area (Å²) in [6, 6.07) is 19.2. The number of aliphatic carboxylic acids is 1. The second-order valence-electron chi connectivity index (χ2n) is 7.05. The van der Waals surface area contributed by atoms with Gasteiger partial charge < -0.3 is 9.84 Å². The minimum Gasteiger partial charge on any atom is -0.481 e. The number of allylic oxidation sites excluding steroid dienone is 2. The zero-order valence-corrected chi connectivity index (χ0v) is 16.9. The zero-order chi connectivity index (χ0) is 21.3. The van der Waals surface area contributed by atoms with Gasteiger partial charge in [0.15, 0.2) is 0 Å². The van der Waals surface area contributed by atoms with Crippen LogP contribution in [0.2, 0.25) is 5.02 Å². The quantitative estimate of drug-likeness (QED) is 0.480. The normalized spacial score (nSPS) is 14.2. The third-order valence-electron chi connectivity index (χ3n) is 5.00. The molecule has 0 saturated carbocycles. The maximum Gasteiger partial charge on any atom is 0.307 e. The van der Waals surface area contributed by atoms with Gasteiger partial charge in [-0.15, -0.1) is 0 Å². The summed E-state index contributed by atoms with van der Waals surface area (Å²) in [4.78, 5) is 11.3. The Kier molecular flexibility index (Phi) is 5.42. The molecule has 0 heterocycles. The van der Waals surface area contributed by atoms with Crippen molar-refractivity contribution in [2.75, 3.05) is 0 Å². The van der Waals surface area contributed by atoms with E-state index in [0.717, 1.165) is 22.3 Å². The molecule has 5 heteroatoms. The fourth-order valence-electron chi connectivity index (χ4n) is 3.61. The Labute approximate surface area is 178 Å². The van der Waals surface area contributed by atoms with E-state index in [1.54, 1.807) is 30.3 Å². The SMILES string of the molecule is CC1=C(CC(=O)O)c2cc(F)ccc2/C1=C\c1cccc(Oc2ccc(Cl)cc2)c1. The van der Waals surface area contributed by atoms with E-state index in [0.29, 0.717) is 27.7 Å². The molecule has 0 aliphatic heterocycles. The van der Waals surface area contributed by atoms with Crippen molar-refractivity contribution >= 4 is 34.8 Å². The van der Waals surface area contributed by atoms with E-state index < -0.39 is 5.97 Å². The van der Waals surface area contributed by atoms with Gasteiger partial charge in [-0.2, -0.15) is 0 Å². The number of hydrogen-bond donors (Lipinski definition) is 1. The summed E-state index contributed by atoms with van der Waals surface area (Å²) in [5, 5.41) is 9.92. The van der Waals surface area contributed by atoms with Gasteiger partial charge >= 0.3 is 5.97 Å². The molecule has 0 aromatic heterocycles. The first-order valence-corrected chi connectivity index (χ1v) is 9.76. The molecule has 1 N–H and O–H groups in total. The third-order valence-corrected chi connectivity index (χ3v) is 5.25. The van der Waals surface area contributed by atoms with E-state index >= 15 is 0 Å². The Balaban J connectivity index is 1.71. The van der Waals surface area contributed by atoms with E-state index in [-0.39, 0.29) is 12.2 Å². The number of rotatable bonds is 5. The number of carboxylic acid groups (broad SMARTS) is 1. The van der Waals surface area contributed by atoms with Crippen LogP contribution in [-0.2, 0) is 4.79 Å². The fourth-order valence-corrected chi connectivity index (χ4v) is 3.73. The van der Waals surface area contributed by atoms with Crippen molar-refractivity contribution in [3.63, 3.8) is 0 Å². The minimum atomic E-state index is -0.945. The monoisotopic (exact) mass is 420 g/mol. The highest BCUT2D eigenvalue weighted by molar-refractivity contribution is 6.30. The molecule has 0 saturated heterocycles. The van der Waals surface area contributed by atoms with Crippen LogP contribution in [0, 0.1) is 5.82 Å². The predicted molar refractivity (Wildman–Crippen MR) is 117 cm³/mol. The first kappa shape index (κ1) is 19.9. The van der Waals surface area contributed by atoms with Crippen LogP contribution < -0.4 is 4.74 Å². The highest BCUT2D eigenvalue weighted by atomic mass is 35.5. The van der Waals surface area contributed by atoms with E-state index in [1.165, 1.54) is 12.1 Å². The molecule has 30 heavy (non-hydrogen) atoms. The standard InChI is InChI=1S/C25H18ClFO3/c1-15-22(21-10-7-18(27)13-24(21)23(15)14-25(28)29)12-16-3-2-4-20(11-16)30-19-8-5-17(26)6-9-19/h2-13H,14H2,1H3,(H,28,29)/b22-12-. The zero-order valence-electron chi connectivity index (χ0n) is 16.2. The fraction of sp³-hybridized carbons (Fsp3) is 0.0800. The van der Waals surface area contributed by atoms with Gasteiger partial charge in [0, 0.05) is 5.02 Å². The van der Waals surface area contributed by atoms with Crippen LogP contribution in [-0.4, -0.2) is 11.1 Å². The van der Waals surface area contributed by atoms with Gasteiger partial charge in [0.25, 0.3) is 0 Å². The molecule has 0 amide bonds. The maximum absolute atomic E-state index is 13.8. The number of fused-ring (bicyclic) bond motifs is 1. The highest BCUT2D eigenvalue weighted by Gasteiger charge is 2.25. The Morgan fingerprint density at radius 2 is 1.80 bits per heavy atom. The van der Waals surface area contributed by atoms with Crippen molar-refractivity contribution < 1.29 is 19.0 Å². The number of ether oxygens (including phenoxy) is 1. The average Bonchev–Trinajstić information content (AvgIpc) is 2.95. The van der Waals surface area contributed by atoms with E-state index in [2.05, 4.69) is 0 Å². The van der Waals surface area contributed by atoms with Gasteiger partial charge in [-0.3, -0.25) is 4.79 Å². The number of carbonyl (C=O) groups is 1. The summed E-state index contributed by atoms with van der Waals surface area (Å²) in [7, 11) is 0. The van der Waals surface area contributed by atoms with E-state index in [9.17, 15) is 14.3 Å². The largest absolute Gasteiger partial charge is 0.481 e. The molecule has 1 aliphatic carbocycles. The van der Waals surface area contributed by atoms with Crippen LogP contribution >= 0.6 is 11.6 Å². The number of carboxylic acids is 1. The first-order valence-electron chi connectivity index (χ1n) is 9.38. The highest BCUT2D eigenvalue weighted by Crippen LogP contribution is 2.44. The summed E-state index contributed by atoms with van der Waals surface area (Å²) in [5.74, 6) is 0.00493. The first-order chi connectivity index (χ1) is 14.4. The summed E-state index contributed by atoms with van der Waals surface area (Å²) >= 11 is 5.92. The molecule has 3 aromatic rings. The Hall–Kier alpha value is -3.37. The van der Waals surface area contributed by atoms with Crippen molar-refractivity contribution in [3.05, 3.63) is 99.8 Å². The summed E-state index contributed by atoms with van der Waals surface area (Å²) < 4.78 is 19.7. The van der Waals surface area contributed by atoms with Crippen molar-refractivity contribution in [1.29, 1.82) is 0 Å². The molecule has 4 rings (SSSR count). The molecule has 150 valence electrons. The molecular weight excluding hydrogens is 403 g/mol. The van der Waals surface area contributed by atoms with Crippen LogP contribution in [0.5, 0.6) is 11.5 Å². The molecule has 0 spiro atoms. The van der Waals surface area contributed by atoms with Crippen molar-refractivity contribution in [3.8, 4) is 11.5 Å². The molecule has 0 radical (unpaired) electrons. The lowest BCUT2D eigenvalue weighted by Crippen LogP contribution is -1.97. The van der Waals surface area contributed by atoms with Crippen LogP contribution in [0.4, 0.5) is 4.39 Å². The minimum absolute atomic E-state index is 0.153. The Morgan fingerprint density at radius 3 is 2.53 bits per heavy atom. The van der Waals surface area contributed by atoms with Gasteiger partial charge in [-0.1, -0.05) is 29.8 Å². The van der Waals surface area contributed by atoms with Crippen LogP contribution in [0.15, 0.2) is 72.3 Å². The lowest BCUT2D eigenvalue weighted by atomic mass is 10.0. The molecule has 0 bridgehead atoms. The molecular formula is C25H18ClFO3. The van der Waals surface area contributed by atoms with Crippen molar-refractivity contribution in [1.82, 2.24) is 0 Å². The molecule has 3 aromatic carbocycles. The lowest BCUT2D eigenvalue weighted by molar-refractivity contribution is -0.135. The van der Waals surface area contributed by atoms with Gasteiger partial charge in [0.05, 0.1) is 6.42 Å². The van der Waals surface area contributed by atoms with Crippen LogP contribution in [0.3, 0.4) is 0 Å². The van der Waals surface area contributed by atoms with Gasteiger partial charge in [-0.05, 0) is 94.9 Å². The van der Waals surface area contributed by atoms with Gasteiger partial charge in [0.1, 0.15) is 17.3 Å². The van der Waals surface area contributed by atoms with Crippen LogP contribution in [0.1, 0.15) is 30.0 Å². The maximum atomic E-state index is 13.8. The van der Waals surface area contributed by atoms with E-state index in [4.69, 9.17) is 16.3 Å². The Morgan fingerprint density at radius 1 is 1.03 bits per heavy atom. The summed E-state index contributed by atoms with van der Waals surface area (Å²) in [6.45, 7) is 1.87. The van der Waals surface area contributed by atoms with E-state index in [1.807, 2.05) is 37.3 Å². The topological polar surface area (TPSA) is 46.5 Å². The lowest BCUT2D eigenvalue weighted by Gasteiger charge is -2.08. The summed E-state index contributed by atoms with van der Waals surface area (Å²) in [6.07, 6.45) is 1.81. The predicted octanol–water partition coefficient (Wildman–Crippen LogP) is 7.07. The second kappa shape index (κ2) is 8.17. The summed E-state index contributed by atoms with van der Waals surface area (Å²) in [5.41, 5.74) is 4.70. The third kappa shape index (κ3) is 4.14. The van der Waals surface area contributed by atoms with Crippen LogP contribution in [0.25, 0.3) is 17.2 Å². The molecule has 3 nitrogen and oxygen atoms in total. The van der Waals surface area contributed by atoms with Gasteiger partial charge in [-0.25, -0.2) is 4.39 Å². The molecule has 0 unspecified atom stereocenters. The average molecular weight is 421 g/mol. The second-order valence-corrected chi connectivity index (χ2v) is 7.49. The van der Waals surface area contributed by atoms with Crippen molar-refractivity contribution in [2.24, 2.45) is 0 Å². The Bertz CT molecular complexity index is 1190. The van der Waals surface area contributed by atoms with Gasteiger partial charge in [0.2, 0.25) is 0 Å². The van der Waals surface area contributed by atoms with Crippen molar-refractivity contribution in [2.45, 2.75) is 13.3 Å².